The Labute approximate surface area is 97.3 Å². The highest BCUT2D eigenvalue weighted by Crippen LogP contribution is 2.09. The number of carbonyl (C=O) groups is 1. The van der Waals surface area contributed by atoms with Gasteiger partial charge in [-0.2, -0.15) is 0 Å². The van der Waals surface area contributed by atoms with E-state index in [2.05, 4.69) is 15.3 Å². The van der Waals surface area contributed by atoms with Gasteiger partial charge in [0.05, 0.1) is 0 Å². The second-order valence-corrected chi connectivity index (χ2v) is 3.42. The summed E-state index contributed by atoms with van der Waals surface area (Å²) in [5.41, 5.74) is 0.450. The number of halogens is 1. The van der Waals surface area contributed by atoms with Gasteiger partial charge in [-0.25, -0.2) is 9.97 Å². The lowest BCUT2D eigenvalue weighted by atomic mass is 10.2. The van der Waals surface area contributed by atoms with Crippen molar-refractivity contribution in [3.63, 3.8) is 0 Å². The van der Waals surface area contributed by atoms with Crippen LogP contribution < -0.4 is 5.32 Å². The lowest BCUT2D eigenvalue weighted by molar-refractivity contribution is 0.102. The highest BCUT2D eigenvalue weighted by Gasteiger charge is 2.06. The van der Waals surface area contributed by atoms with Gasteiger partial charge in [-0.3, -0.25) is 4.79 Å². The minimum Gasteiger partial charge on any atom is -0.307 e. The van der Waals surface area contributed by atoms with E-state index in [9.17, 15) is 4.79 Å². The molecule has 1 N–H and O–H groups in total. The average molecular weight is 234 g/mol. The summed E-state index contributed by atoms with van der Waals surface area (Å²) in [4.78, 5) is 19.5. The van der Waals surface area contributed by atoms with Crippen LogP contribution in [0.15, 0.2) is 42.7 Å². The Morgan fingerprint density at radius 2 is 2.06 bits per heavy atom. The zero-order valence-corrected chi connectivity index (χ0v) is 8.98. The molecule has 0 aliphatic rings. The summed E-state index contributed by atoms with van der Waals surface area (Å²) in [6, 6.07) is 8.37. The van der Waals surface area contributed by atoms with Crippen LogP contribution in [0.1, 0.15) is 10.4 Å². The number of carbonyl (C=O) groups excluding carboxylic acids is 1. The van der Waals surface area contributed by atoms with Gasteiger partial charge in [-0.15, -0.1) is 0 Å². The van der Waals surface area contributed by atoms with Crippen LogP contribution in [0.25, 0.3) is 0 Å². The molecule has 2 aromatic rings. The third-order valence-corrected chi connectivity index (χ3v) is 2.10. The molecule has 0 fully saturated rings. The quantitative estimate of drug-likeness (QED) is 0.811. The second-order valence-electron chi connectivity index (χ2n) is 3.04. The summed E-state index contributed by atoms with van der Waals surface area (Å²) in [5.74, 6) is 0.239. The summed E-state index contributed by atoms with van der Waals surface area (Å²) in [6.45, 7) is 0. The molecule has 0 radical (unpaired) electrons. The van der Waals surface area contributed by atoms with Gasteiger partial charge in [-0.1, -0.05) is 17.7 Å². The molecule has 16 heavy (non-hydrogen) atoms. The zero-order valence-electron chi connectivity index (χ0n) is 8.22. The molecule has 0 saturated heterocycles. The van der Waals surface area contributed by atoms with E-state index < -0.39 is 0 Å². The van der Waals surface area contributed by atoms with Gasteiger partial charge in [0, 0.05) is 18.0 Å². The highest BCUT2D eigenvalue weighted by atomic mass is 35.5. The molecule has 2 rings (SSSR count). The Morgan fingerprint density at radius 1 is 1.19 bits per heavy atom. The topological polar surface area (TPSA) is 54.9 Å². The number of nitrogens with one attached hydrogen (secondary N) is 1. The predicted molar refractivity (Wildman–Crippen MR) is 61.4 cm³/mol. The number of nitrogens with zero attached hydrogens (tertiary/aromatic N) is 2. The average Bonchev–Trinajstić information content (AvgIpc) is 2.30. The minimum atomic E-state index is -0.261. The van der Waals surface area contributed by atoms with Crippen molar-refractivity contribution in [3.05, 3.63) is 53.4 Å². The SMILES string of the molecule is O=C(Nc1ccccn1)c1ccnc(Cl)c1. The molecule has 0 unspecified atom stereocenters. The smallest absolute Gasteiger partial charge is 0.256 e. The molecular formula is C11H8ClN3O. The van der Waals surface area contributed by atoms with Gasteiger partial charge in [0.2, 0.25) is 0 Å². The van der Waals surface area contributed by atoms with Crippen molar-refractivity contribution in [2.45, 2.75) is 0 Å². The van der Waals surface area contributed by atoms with E-state index in [1.165, 1.54) is 12.3 Å². The Kier molecular flexibility index (Phi) is 3.12. The third kappa shape index (κ3) is 2.55. The predicted octanol–water partition coefficient (Wildman–Crippen LogP) is 2.38. The van der Waals surface area contributed by atoms with Crippen molar-refractivity contribution < 1.29 is 4.79 Å². The number of pyridine rings is 2. The van der Waals surface area contributed by atoms with Gasteiger partial charge >= 0.3 is 0 Å². The second kappa shape index (κ2) is 4.72. The van der Waals surface area contributed by atoms with E-state index >= 15 is 0 Å². The Morgan fingerprint density at radius 3 is 2.75 bits per heavy atom. The summed E-state index contributed by atoms with van der Waals surface area (Å²) in [7, 11) is 0. The van der Waals surface area contributed by atoms with Crippen molar-refractivity contribution in [1.29, 1.82) is 0 Å². The standard InChI is InChI=1S/C11H8ClN3O/c12-9-7-8(4-6-13-9)11(16)15-10-3-1-2-5-14-10/h1-7H,(H,14,15,16). The van der Waals surface area contributed by atoms with Gasteiger partial charge in [0.15, 0.2) is 0 Å². The molecule has 5 heteroatoms. The minimum absolute atomic E-state index is 0.261. The van der Waals surface area contributed by atoms with Gasteiger partial charge in [0.25, 0.3) is 5.91 Å². The molecule has 0 saturated carbocycles. The van der Waals surface area contributed by atoms with Crippen molar-refractivity contribution in [2.75, 3.05) is 5.32 Å². The van der Waals surface area contributed by atoms with Crippen molar-refractivity contribution in [1.82, 2.24) is 9.97 Å². The third-order valence-electron chi connectivity index (χ3n) is 1.90. The summed E-state index contributed by atoms with van der Waals surface area (Å²) >= 11 is 5.69. The van der Waals surface area contributed by atoms with Crippen LogP contribution in [-0.2, 0) is 0 Å². The lowest BCUT2D eigenvalue weighted by Gasteiger charge is -2.03. The maximum Gasteiger partial charge on any atom is 0.256 e. The molecule has 2 heterocycles. The first kappa shape index (κ1) is 10.6. The number of rotatable bonds is 2. The Bertz CT molecular complexity index is 502. The molecular weight excluding hydrogens is 226 g/mol. The van der Waals surface area contributed by atoms with Gasteiger partial charge in [-0.05, 0) is 24.3 Å². The molecule has 0 aliphatic heterocycles. The van der Waals surface area contributed by atoms with Gasteiger partial charge < -0.3 is 5.32 Å². The van der Waals surface area contributed by atoms with Crippen molar-refractivity contribution in [3.8, 4) is 0 Å². The van der Waals surface area contributed by atoms with Crippen LogP contribution >= 0.6 is 11.6 Å². The molecule has 0 atom stereocenters. The highest BCUT2D eigenvalue weighted by molar-refractivity contribution is 6.29. The van der Waals surface area contributed by atoms with Crippen molar-refractivity contribution >= 4 is 23.3 Å². The van der Waals surface area contributed by atoms with E-state index in [4.69, 9.17) is 11.6 Å². The van der Waals surface area contributed by atoms with E-state index in [0.717, 1.165) is 0 Å². The largest absolute Gasteiger partial charge is 0.307 e. The molecule has 80 valence electrons. The number of amides is 1. The number of hydrogen-bond donors (Lipinski definition) is 1. The van der Waals surface area contributed by atoms with Crippen molar-refractivity contribution in [2.24, 2.45) is 0 Å². The fourth-order valence-corrected chi connectivity index (χ4v) is 1.34. The summed E-state index contributed by atoms with van der Waals surface area (Å²) in [5, 5.41) is 2.93. The maximum atomic E-state index is 11.7. The maximum absolute atomic E-state index is 11.7. The molecule has 0 spiro atoms. The molecule has 0 bridgehead atoms. The van der Waals surface area contributed by atoms with Gasteiger partial charge in [0.1, 0.15) is 11.0 Å². The first-order chi connectivity index (χ1) is 7.75. The zero-order chi connectivity index (χ0) is 11.4. The molecule has 0 aromatic carbocycles. The fourth-order valence-electron chi connectivity index (χ4n) is 1.17. The molecule has 1 amide bonds. The number of aromatic nitrogens is 2. The Hall–Kier alpha value is -1.94. The van der Waals surface area contributed by atoms with E-state index in [-0.39, 0.29) is 11.1 Å². The number of hydrogen-bond acceptors (Lipinski definition) is 3. The lowest BCUT2D eigenvalue weighted by Crippen LogP contribution is -2.12. The summed E-state index contributed by atoms with van der Waals surface area (Å²) < 4.78 is 0. The van der Waals surface area contributed by atoms with Crippen LogP contribution in [0.4, 0.5) is 5.82 Å². The van der Waals surface area contributed by atoms with Crippen LogP contribution in [0.3, 0.4) is 0 Å². The first-order valence-electron chi connectivity index (χ1n) is 4.59. The Balaban J connectivity index is 2.15. The van der Waals surface area contributed by atoms with Crippen LogP contribution in [0.2, 0.25) is 5.15 Å². The molecule has 2 aromatic heterocycles. The molecule has 0 aliphatic carbocycles. The first-order valence-corrected chi connectivity index (χ1v) is 4.97. The monoisotopic (exact) mass is 233 g/mol. The van der Waals surface area contributed by atoms with E-state index in [1.807, 2.05) is 0 Å². The van der Waals surface area contributed by atoms with Crippen LogP contribution in [-0.4, -0.2) is 15.9 Å². The fraction of sp³-hybridized carbons (Fsp3) is 0. The van der Waals surface area contributed by atoms with E-state index in [0.29, 0.717) is 11.4 Å². The summed E-state index contributed by atoms with van der Waals surface area (Å²) in [6.07, 6.45) is 3.09. The number of anilines is 1. The van der Waals surface area contributed by atoms with E-state index in [1.54, 1.807) is 30.5 Å². The van der Waals surface area contributed by atoms with Crippen LogP contribution in [0, 0.1) is 0 Å². The van der Waals surface area contributed by atoms with Crippen LogP contribution in [0.5, 0.6) is 0 Å². The molecule has 4 nitrogen and oxygen atoms in total. The normalized spacial score (nSPS) is 9.81.